The number of halogens is 3. The van der Waals surface area contributed by atoms with Crippen molar-refractivity contribution in [3.63, 3.8) is 0 Å². The van der Waals surface area contributed by atoms with Crippen molar-refractivity contribution in [2.75, 3.05) is 13.7 Å². The molecule has 3 nitrogen and oxygen atoms in total. The first kappa shape index (κ1) is 13.0. The molecule has 0 atom stereocenters. The minimum absolute atomic E-state index is 0.238. The monoisotopic (exact) mass is 368 g/mol. The van der Waals surface area contributed by atoms with E-state index in [2.05, 4.69) is 4.98 Å². The predicted octanol–water partition coefficient (Wildman–Crippen LogP) is 3.17. The molecule has 92 valence electrons. The van der Waals surface area contributed by atoms with Gasteiger partial charge >= 0.3 is 0 Å². The molecule has 0 amide bonds. The van der Waals surface area contributed by atoms with Crippen molar-refractivity contribution < 1.29 is 9.13 Å². The molecular weight excluding hydrogens is 357 g/mol. The first-order valence-electron chi connectivity index (χ1n) is 5.06. The minimum Gasteiger partial charge on any atom is -0.383 e. The normalized spacial score (nSPS) is 11.3. The highest BCUT2D eigenvalue weighted by molar-refractivity contribution is 14.1. The second kappa shape index (κ2) is 5.49. The van der Waals surface area contributed by atoms with Gasteiger partial charge in [0.1, 0.15) is 11.6 Å². The maximum atomic E-state index is 13.6. The van der Waals surface area contributed by atoms with Crippen LogP contribution in [0.2, 0.25) is 0 Å². The Hall–Kier alpha value is -0.400. The van der Waals surface area contributed by atoms with E-state index in [1.165, 1.54) is 6.07 Å². The average molecular weight is 369 g/mol. The molecule has 0 aliphatic rings. The highest BCUT2D eigenvalue weighted by Gasteiger charge is 2.12. The van der Waals surface area contributed by atoms with Crippen LogP contribution in [0.1, 0.15) is 5.82 Å². The Kier molecular flexibility index (Phi) is 4.22. The summed E-state index contributed by atoms with van der Waals surface area (Å²) in [5, 5.41) is 0. The van der Waals surface area contributed by atoms with Crippen LogP contribution >= 0.6 is 34.2 Å². The molecule has 0 aliphatic heterocycles. The summed E-state index contributed by atoms with van der Waals surface area (Å²) in [6, 6.07) is 3.22. The third-order valence-electron chi connectivity index (χ3n) is 2.51. The second-order valence-corrected chi connectivity index (χ2v) is 4.99. The van der Waals surface area contributed by atoms with E-state index in [9.17, 15) is 4.39 Å². The molecule has 2 aromatic rings. The van der Waals surface area contributed by atoms with Crippen molar-refractivity contribution >= 4 is 45.2 Å². The molecule has 1 aromatic heterocycles. The molecule has 0 aliphatic carbocycles. The van der Waals surface area contributed by atoms with Gasteiger partial charge in [0.2, 0.25) is 0 Å². The summed E-state index contributed by atoms with van der Waals surface area (Å²) < 4.78 is 21.0. The molecule has 1 aromatic carbocycles. The van der Waals surface area contributed by atoms with Gasteiger partial charge in [-0.2, -0.15) is 0 Å². The number of alkyl halides is 1. The molecule has 6 heteroatoms. The lowest BCUT2D eigenvalue weighted by Crippen LogP contribution is -2.07. The first-order chi connectivity index (χ1) is 8.17. The van der Waals surface area contributed by atoms with E-state index in [4.69, 9.17) is 16.3 Å². The molecule has 0 N–H and O–H groups in total. The van der Waals surface area contributed by atoms with Crippen LogP contribution in [0.4, 0.5) is 4.39 Å². The molecule has 0 radical (unpaired) electrons. The van der Waals surface area contributed by atoms with E-state index >= 15 is 0 Å². The summed E-state index contributed by atoms with van der Waals surface area (Å²) in [5.41, 5.74) is 1.53. The summed E-state index contributed by atoms with van der Waals surface area (Å²) in [5.74, 6) is 0.800. The van der Waals surface area contributed by atoms with Crippen LogP contribution in [0.5, 0.6) is 0 Å². The van der Waals surface area contributed by atoms with Gasteiger partial charge in [0, 0.05) is 19.7 Å². The number of benzene rings is 1. The van der Waals surface area contributed by atoms with E-state index in [0.717, 1.165) is 16.9 Å². The lowest BCUT2D eigenvalue weighted by atomic mass is 10.3. The molecule has 0 saturated carbocycles. The zero-order valence-corrected chi connectivity index (χ0v) is 12.1. The second-order valence-electron chi connectivity index (χ2n) is 3.56. The minimum atomic E-state index is -0.238. The molecule has 0 unspecified atom stereocenters. The van der Waals surface area contributed by atoms with Gasteiger partial charge in [-0.05, 0) is 28.7 Å². The van der Waals surface area contributed by atoms with E-state index in [0.29, 0.717) is 22.6 Å². The van der Waals surface area contributed by atoms with Gasteiger partial charge < -0.3 is 9.30 Å². The molecule has 1 heterocycles. The highest BCUT2D eigenvalue weighted by Crippen LogP contribution is 2.22. The van der Waals surface area contributed by atoms with Crippen LogP contribution in [0.3, 0.4) is 0 Å². The van der Waals surface area contributed by atoms with Gasteiger partial charge in [-0.1, -0.05) is 0 Å². The third-order valence-corrected chi connectivity index (χ3v) is 3.57. The molecule has 0 bridgehead atoms. The van der Waals surface area contributed by atoms with Gasteiger partial charge in [-0.15, -0.1) is 11.6 Å². The number of rotatable bonds is 4. The van der Waals surface area contributed by atoms with Crippen molar-refractivity contribution in [1.82, 2.24) is 9.55 Å². The van der Waals surface area contributed by atoms with Crippen LogP contribution in [0.25, 0.3) is 11.0 Å². The van der Waals surface area contributed by atoms with E-state index < -0.39 is 0 Å². The summed E-state index contributed by atoms with van der Waals surface area (Å²) in [6.45, 7) is 1.16. The maximum absolute atomic E-state index is 13.6. The number of hydrogen-bond acceptors (Lipinski definition) is 2. The fourth-order valence-corrected chi connectivity index (χ4v) is 2.36. The largest absolute Gasteiger partial charge is 0.383 e. The number of aromatic nitrogens is 2. The molecule has 0 saturated heterocycles. The Balaban J connectivity index is 2.57. The molecule has 0 fully saturated rings. The fraction of sp³-hybridized carbons (Fsp3) is 0.364. The van der Waals surface area contributed by atoms with Crippen molar-refractivity contribution in [2.24, 2.45) is 0 Å². The zero-order valence-electron chi connectivity index (χ0n) is 9.21. The van der Waals surface area contributed by atoms with Crippen LogP contribution in [-0.4, -0.2) is 23.3 Å². The van der Waals surface area contributed by atoms with Crippen LogP contribution in [0.15, 0.2) is 12.1 Å². The Bertz CT molecular complexity index is 544. The fourth-order valence-electron chi connectivity index (χ4n) is 1.70. The quantitative estimate of drug-likeness (QED) is 0.612. The summed E-state index contributed by atoms with van der Waals surface area (Å²) in [4.78, 5) is 4.39. The summed E-state index contributed by atoms with van der Waals surface area (Å²) >= 11 is 7.79. The van der Waals surface area contributed by atoms with Crippen molar-refractivity contribution in [1.29, 1.82) is 0 Å². The van der Waals surface area contributed by atoms with E-state index in [1.54, 1.807) is 13.2 Å². The third kappa shape index (κ3) is 2.56. The van der Waals surface area contributed by atoms with Crippen LogP contribution < -0.4 is 0 Å². The summed E-state index contributed by atoms with van der Waals surface area (Å²) in [6.07, 6.45) is 0. The Morgan fingerprint density at radius 3 is 2.94 bits per heavy atom. The van der Waals surface area contributed by atoms with Gasteiger partial charge in [-0.3, -0.25) is 0 Å². The number of hydrogen-bond donors (Lipinski definition) is 0. The number of methoxy groups -OCH3 is 1. The number of fused-ring (bicyclic) bond motifs is 1. The van der Waals surface area contributed by atoms with Crippen molar-refractivity contribution in [3.05, 3.63) is 27.3 Å². The van der Waals surface area contributed by atoms with Gasteiger partial charge in [0.15, 0.2) is 0 Å². The number of nitrogens with zero attached hydrogens (tertiary/aromatic N) is 2. The van der Waals surface area contributed by atoms with Gasteiger partial charge in [-0.25, -0.2) is 9.37 Å². The van der Waals surface area contributed by atoms with E-state index in [-0.39, 0.29) is 5.82 Å². The number of ether oxygens (including phenoxy) is 1. The standard InChI is InChI=1S/C11H11ClFIN2O/c1-17-3-2-16-10-4-7(13)8(14)5-9(10)15-11(16)6-12/h4-5H,2-3,6H2,1H3. The lowest BCUT2D eigenvalue weighted by molar-refractivity contribution is 0.187. The molecule has 0 spiro atoms. The maximum Gasteiger partial charge on any atom is 0.138 e. The van der Waals surface area contributed by atoms with Crippen LogP contribution in [-0.2, 0) is 17.2 Å². The smallest absolute Gasteiger partial charge is 0.138 e. The Morgan fingerprint density at radius 1 is 1.53 bits per heavy atom. The zero-order chi connectivity index (χ0) is 12.4. The molecule has 2 rings (SSSR count). The van der Waals surface area contributed by atoms with Gasteiger partial charge in [0.05, 0.1) is 27.1 Å². The number of imidazole rings is 1. The van der Waals surface area contributed by atoms with E-state index in [1.807, 2.05) is 27.2 Å². The van der Waals surface area contributed by atoms with Crippen LogP contribution in [0, 0.1) is 9.39 Å². The average Bonchev–Trinajstić information content (AvgIpc) is 2.64. The topological polar surface area (TPSA) is 27.1 Å². The predicted molar refractivity (Wildman–Crippen MR) is 73.8 cm³/mol. The Labute approximate surface area is 117 Å². The lowest BCUT2D eigenvalue weighted by Gasteiger charge is -2.06. The summed E-state index contributed by atoms with van der Waals surface area (Å²) in [7, 11) is 1.63. The molecule has 17 heavy (non-hydrogen) atoms. The SMILES string of the molecule is COCCn1c(CCl)nc2cc(I)c(F)cc21. The van der Waals surface area contributed by atoms with Gasteiger partial charge in [0.25, 0.3) is 0 Å². The highest BCUT2D eigenvalue weighted by atomic mass is 127. The Morgan fingerprint density at radius 2 is 2.29 bits per heavy atom. The molecular formula is C11H11ClFIN2O. The van der Waals surface area contributed by atoms with Crippen molar-refractivity contribution in [2.45, 2.75) is 12.4 Å². The van der Waals surface area contributed by atoms with Crippen molar-refractivity contribution in [3.8, 4) is 0 Å². The first-order valence-corrected chi connectivity index (χ1v) is 6.67.